The van der Waals surface area contributed by atoms with Gasteiger partial charge >= 0.3 is 0 Å². The summed E-state index contributed by atoms with van der Waals surface area (Å²) in [6.45, 7) is 0. The molecule has 0 saturated heterocycles. The van der Waals surface area contributed by atoms with Crippen LogP contribution in [0.5, 0.6) is 0 Å². The van der Waals surface area contributed by atoms with Crippen LogP contribution < -0.4 is 0 Å². The summed E-state index contributed by atoms with van der Waals surface area (Å²) in [4.78, 5) is 19.4. The maximum absolute atomic E-state index is 11.6. The Morgan fingerprint density at radius 2 is 1.30 bits per heavy atom. The van der Waals surface area contributed by atoms with Crippen LogP contribution in [0.1, 0.15) is 11.1 Å². The second kappa shape index (κ2) is 7.59. The van der Waals surface area contributed by atoms with Gasteiger partial charge < -0.3 is 0 Å². The molecule has 0 aliphatic heterocycles. The number of carbonyl (C=O) groups is 1. The topological polar surface area (TPSA) is 42.9 Å². The summed E-state index contributed by atoms with van der Waals surface area (Å²) in [6.07, 6.45) is 17.1. The normalized spacial score (nSPS) is 11.6. The van der Waals surface area contributed by atoms with Crippen molar-refractivity contribution < 1.29 is 4.79 Å². The minimum absolute atomic E-state index is 0.0545. The molecule has 3 nitrogen and oxygen atoms in total. The van der Waals surface area contributed by atoms with E-state index in [1.807, 2.05) is 36.4 Å². The Morgan fingerprint density at radius 1 is 0.750 bits per heavy atom. The summed E-state index contributed by atoms with van der Waals surface area (Å²) >= 11 is 0. The molecule has 0 atom stereocenters. The molecule has 2 aromatic heterocycles. The van der Waals surface area contributed by atoms with Crippen LogP contribution in [0.15, 0.2) is 73.4 Å². The Bertz CT molecular complexity index is 629. The number of aromatic nitrogens is 2. The quantitative estimate of drug-likeness (QED) is 0.613. The van der Waals surface area contributed by atoms with Crippen LogP contribution in [0.2, 0.25) is 0 Å². The lowest BCUT2D eigenvalue weighted by Crippen LogP contribution is -1.84. The molecule has 0 fully saturated rings. The van der Waals surface area contributed by atoms with Crippen molar-refractivity contribution >= 4 is 17.9 Å². The molecule has 0 spiro atoms. The molecule has 0 saturated carbocycles. The molecule has 98 valence electrons. The molecule has 0 unspecified atom stereocenters. The van der Waals surface area contributed by atoms with E-state index >= 15 is 0 Å². The second-order valence-electron chi connectivity index (χ2n) is 4.02. The van der Waals surface area contributed by atoms with Crippen molar-refractivity contribution in [2.45, 2.75) is 0 Å². The summed E-state index contributed by atoms with van der Waals surface area (Å²) in [7, 11) is 0. The van der Waals surface area contributed by atoms with Gasteiger partial charge in [-0.3, -0.25) is 14.8 Å². The van der Waals surface area contributed by atoms with Gasteiger partial charge in [0.25, 0.3) is 0 Å². The number of nitrogens with zero attached hydrogens (tertiary/aromatic N) is 2. The fourth-order valence-electron chi connectivity index (χ4n) is 1.50. The zero-order valence-corrected chi connectivity index (χ0v) is 10.9. The van der Waals surface area contributed by atoms with Crippen LogP contribution >= 0.6 is 0 Å². The van der Waals surface area contributed by atoms with Gasteiger partial charge in [-0.2, -0.15) is 0 Å². The van der Waals surface area contributed by atoms with Gasteiger partial charge in [-0.25, -0.2) is 0 Å². The molecule has 2 aromatic rings. The predicted molar refractivity (Wildman–Crippen MR) is 80.7 cm³/mol. The van der Waals surface area contributed by atoms with Gasteiger partial charge in [0.2, 0.25) is 0 Å². The maximum atomic E-state index is 11.6. The van der Waals surface area contributed by atoms with E-state index in [1.165, 1.54) is 12.2 Å². The fraction of sp³-hybridized carbons (Fsp3) is 0. The average molecular weight is 262 g/mol. The number of pyridine rings is 2. The number of allylic oxidation sites excluding steroid dienone is 4. The lowest BCUT2D eigenvalue weighted by molar-refractivity contribution is -0.110. The molecular weight excluding hydrogens is 248 g/mol. The summed E-state index contributed by atoms with van der Waals surface area (Å²) < 4.78 is 0. The lowest BCUT2D eigenvalue weighted by atomic mass is 10.2. The SMILES string of the molecule is O=C(/C=C/C=C/c1ccncc1)/C=C/c1ccncc1. The van der Waals surface area contributed by atoms with Crippen LogP contribution in [0, 0.1) is 0 Å². The average Bonchev–Trinajstić information content (AvgIpc) is 2.52. The highest BCUT2D eigenvalue weighted by atomic mass is 16.1. The molecule has 2 rings (SSSR count). The predicted octanol–water partition coefficient (Wildman–Crippen LogP) is 3.33. The fourth-order valence-corrected chi connectivity index (χ4v) is 1.50. The van der Waals surface area contributed by atoms with Crippen LogP contribution in [0.25, 0.3) is 12.2 Å². The first-order valence-electron chi connectivity index (χ1n) is 6.21. The minimum atomic E-state index is -0.0545. The molecule has 0 aromatic carbocycles. The Labute approximate surface area is 118 Å². The molecule has 0 amide bonds. The largest absolute Gasteiger partial charge is 0.290 e. The van der Waals surface area contributed by atoms with Crippen molar-refractivity contribution in [2.24, 2.45) is 0 Å². The zero-order chi connectivity index (χ0) is 14.0. The van der Waals surface area contributed by atoms with E-state index in [-0.39, 0.29) is 5.78 Å². The number of hydrogen-bond donors (Lipinski definition) is 0. The third kappa shape index (κ3) is 4.82. The molecule has 0 aliphatic carbocycles. The van der Waals surface area contributed by atoms with Crippen molar-refractivity contribution in [3.05, 3.63) is 84.5 Å². The van der Waals surface area contributed by atoms with Crippen molar-refractivity contribution in [1.82, 2.24) is 9.97 Å². The van der Waals surface area contributed by atoms with Gasteiger partial charge in [0.15, 0.2) is 5.78 Å². The third-order valence-corrected chi connectivity index (χ3v) is 2.51. The highest BCUT2D eigenvalue weighted by Gasteiger charge is 1.88. The molecule has 2 heterocycles. The van der Waals surface area contributed by atoms with Crippen LogP contribution in [-0.4, -0.2) is 15.8 Å². The number of carbonyl (C=O) groups excluding carboxylic acids is 1. The number of hydrogen-bond acceptors (Lipinski definition) is 3. The van der Waals surface area contributed by atoms with Crippen molar-refractivity contribution in [3.63, 3.8) is 0 Å². The molecule has 0 bridgehead atoms. The van der Waals surface area contributed by atoms with Gasteiger partial charge in [-0.1, -0.05) is 24.3 Å². The number of rotatable bonds is 5. The van der Waals surface area contributed by atoms with E-state index < -0.39 is 0 Å². The smallest absolute Gasteiger partial charge is 0.178 e. The third-order valence-electron chi connectivity index (χ3n) is 2.51. The van der Waals surface area contributed by atoms with Gasteiger partial charge in [-0.15, -0.1) is 0 Å². The first-order chi connectivity index (χ1) is 9.84. The lowest BCUT2D eigenvalue weighted by Gasteiger charge is -1.89. The van der Waals surface area contributed by atoms with Crippen molar-refractivity contribution in [3.8, 4) is 0 Å². The monoisotopic (exact) mass is 262 g/mol. The van der Waals surface area contributed by atoms with E-state index in [9.17, 15) is 4.79 Å². The van der Waals surface area contributed by atoms with Crippen LogP contribution in [-0.2, 0) is 4.79 Å². The maximum Gasteiger partial charge on any atom is 0.178 e. The zero-order valence-electron chi connectivity index (χ0n) is 10.9. The second-order valence-corrected chi connectivity index (χ2v) is 4.02. The van der Waals surface area contributed by atoms with E-state index in [0.29, 0.717) is 0 Å². The summed E-state index contributed by atoms with van der Waals surface area (Å²) in [5, 5.41) is 0. The molecule has 0 aliphatic rings. The Hall–Kier alpha value is -2.81. The molecule has 20 heavy (non-hydrogen) atoms. The van der Waals surface area contributed by atoms with Crippen molar-refractivity contribution in [1.29, 1.82) is 0 Å². The minimum Gasteiger partial charge on any atom is -0.290 e. The van der Waals surface area contributed by atoms with Gasteiger partial charge in [0.1, 0.15) is 0 Å². The molecule has 3 heteroatoms. The van der Waals surface area contributed by atoms with Crippen LogP contribution in [0.3, 0.4) is 0 Å². The summed E-state index contributed by atoms with van der Waals surface area (Å²) in [5.41, 5.74) is 2.00. The first kappa shape index (κ1) is 13.6. The number of ketones is 1. The van der Waals surface area contributed by atoms with Gasteiger partial charge in [-0.05, 0) is 47.5 Å². The molecule has 0 radical (unpaired) electrons. The van der Waals surface area contributed by atoms with E-state index in [1.54, 1.807) is 36.9 Å². The molecular formula is C17H14N2O. The van der Waals surface area contributed by atoms with E-state index in [2.05, 4.69) is 9.97 Å². The van der Waals surface area contributed by atoms with Crippen molar-refractivity contribution in [2.75, 3.05) is 0 Å². The van der Waals surface area contributed by atoms with Gasteiger partial charge in [0.05, 0.1) is 0 Å². The van der Waals surface area contributed by atoms with Crippen LogP contribution in [0.4, 0.5) is 0 Å². The van der Waals surface area contributed by atoms with E-state index in [4.69, 9.17) is 0 Å². The highest BCUT2D eigenvalue weighted by molar-refractivity contribution is 6.02. The standard InChI is InChI=1S/C17H14N2O/c20-17(6-5-16-9-13-19-14-10-16)4-2-1-3-15-7-11-18-12-8-15/h1-14H/b3-1+,4-2+,6-5+. The Balaban J connectivity index is 1.87. The summed E-state index contributed by atoms with van der Waals surface area (Å²) in [5.74, 6) is -0.0545. The molecule has 0 N–H and O–H groups in total. The Morgan fingerprint density at radius 3 is 1.90 bits per heavy atom. The highest BCUT2D eigenvalue weighted by Crippen LogP contribution is 2.00. The first-order valence-corrected chi connectivity index (χ1v) is 6.21. The van der Waals surface area contributed by atoms with Gasteiger partial charge in [0, 0.05) is 24.8 Å². The Kier molecular flexibility index (Phi) is 5.17. The van der Waals surface area contributed by atoms with E-state index in [0.717, 1.165) is 11.1 Å². The summed E-state index contributed by atoms with van der Waals surface area (Å²) in [6, 6.07) is 7.48.